The van der Waals surface area contributed by atoms with Gasteiger partial charge in [0.25, 0.3) is 5.91 Å². The highest BCUT2D eigenvalue weighted by atomic mass is 32.2. The van der Waals surface area contributed by atoms with Crippen LogP contribution in [0.4, 0.5) is 0 Å². The van der Waals surface area contributed by atoms with Gasteiger partial charge in [0.1, 0.15) is 23.4 Å². The van der Waals surface area contributed by atoms with Gasteiger partial charge < -0.3 is 14.2 Å². The molecule has 0 saturated carbocycles. The number of nitrogens with one attached hydrogen (secondary N) is 1. The lowest BCUT2D eigenvalue weighted by Gasteiger charge is -2.32. The van der Waals surface area contributed by atoms with Gasteiger partial charge in [-0.2, -0.15) is 4.31 Å². The lowest BCUT2D eigenvalue weighted by atomic mass is 10.0. The van der Waals surface area contributed by atoms with E-state index in [2.05, 4.69) is 0 Å². The van der Waals surface area contributed by atoms with Gasteiger partial charge in [0, 0.05) is 24.2 Å². The Bertz CT molecular complexity index is 1380. The van der Waals surface area contributed by atoms with Crippen LogP contribution in [0.2, 0.25) is 0 Å². The number of hydroxylamine groups is 1. The van der Waals surface area contributed by atoms with E-state index in [1.165, 1.54) is 23.5 Å². The summed E-state index contributed by atoms with van der Waals surface area (Å²) in [6.45, 7) is 2.26. The first kappa shape index (κ1) is 27.4. The van der Waals surface area contributed by atoms with Gasteiger partial charge >= 0.3 is 0 Å². The molecule has 0 unspecified atom stereocenters. The fourth-order valence-corrected chi connectivity index (χ4v) is 6.47. The highest BCUT2D eigenvalue weighted by Gasteiger charge is 2.34. The van der Waals surface area contributed by atoms with E-state index in [1.807, 2.05) is 48.5 Å². The van der Waals surface area contributed by atoms with Crippen molar-refractivity contribution in [3.8, 4) is 28.4 Å². The van der Waals surface area contributed by atoms with Crippen molar-refractivity contribution in [1.29, 1.82) is 0 Å². The zero-order chi connectivity index (χ0) is 27.3. The van der Waals surface area contributed by atoms with E-state index in [4.69, 9.17) is 14.2 Å². The van der Waals surface area contributed by atoms with Crippen molar-refractivity contribution in [2.45, 2.75) is 37.2 Å². The average Bonchev–Trinajstić information content (AvgIpc) is 2.96. The number of methoxy groups -OCH3 is 2. The van der Waals surface area contributed by atoms with Crippen molar-refractivity contribution < 1.29 is 32.6 Å². The van der Waals surface area contributed by atoms with E-state index in [0.29, 0.717) is 36.3 Å². The zero-order valence-electron chi connectivity index (χ0n) is 21.6. The second kappa shape index (κ2) is 11.8. The van der Waals surface area contributed by atoms with Gasteiger partial charge in [-0.15, -0.1) is 0 Å². The molecule has 0 atom stereocenters. The van der Waals surface area contributed by atoms with E-state index >= 15 is 0 Å². The molecule has 3 aromatic carbocycles. The molecule has 0 aliphatic carbocycles. The summed E-state index contributed by atoms with van der Waals surface area (Å²) in [6, 6.07) is 18.4. The highest BCUT2D eigenvalue weighted by Crippen LogP contribution is 2.33. The van der Waals surface area contributed by atoms with Crippen molar-refractivity contribution in [3.05, 3.63) is 71.8 Å². The molecule has 1 heterocycles. The standard InChI is InChI=1S/C28H32N2O7S/c1-4-22-25(36-3)13-14-26(27(22)28(31)29-32)38(33,34)30-17-15-21(16-18-30)37-20-11-9-19(10-12-20)23-7-5-6-8-24(23)35-2/h5-14,21,32H,4,15-18H2,1-3H3,(H,29,31). The predicted molar refractivity (Wildman–Crippen MR) is 142 cm³/mol. The number of carbonyl (C=O) groups is 1. The molecule has 38 heavy (non-hydrogen) atoms. The van der Waals surface area contributed by atoms with Crippen LogP contribution >= 0.6 is 0 Å². The van der Waals surface area contributed by atoms with Gasteiger partial charge in [-0.1, -0.05) is 37.3 Å². The van der Waals surface area contributed by atoms with Gasteiger partial charge in [-0.3, -0.25) is 10.0 Å². The summed E-state index contributed by atoms with van der Waals surface area (Å²) in [5.74, 6) is 0.981. The van der Waals surface area contributed by atoms with Gasteiger partial charge in [-0.25, -0.2) is 13.9 Å². The Balaban J connectivity index is 1.47. The summed E-state index contributed by atoms with van der Waals surface area (Å²) < 4.78 is 45.4. The molecule has 1 saturated heterocycles. The topological polar surface area (TPSA) is 114 Å². The third-order valence-corrected chi connectivity index (χ3v) is 8.67. The number of ether oxygens (including phenoxy) is 3. The number of sulfonamides is 1. The monoisotopic (exact) mass is 540 g/mol. The largest absolute Gasteiger partial charge is 0.496 e. The number of hydrogen-bond donors (Lipinski definition) is 2. The van der Waals surface area contributed by atoms with Gasteiger partial charge in [0.2, 0.25) is 10.0 Å². The van der Waals surface area contributed by atoms with E-state index < -0.39 is 15.9 Å². The Labute approximate surface area is 223 Å². The summed E-state index contributed by atoms with van der Waals surface area (Å²) in [5.41, 5.74) is 3.87. The molecule has 1 fully saturated rings. The number of para-hydroxylation sites is 1. The quantitative estimate of drug-likeness (QED) is 0.308. The van der Waals surface area contributed by atoms with Crippen molar-refractivity contribution >= 4 is 15.9 Å². The molecule has 1 aliphatic rings. The molecule has 1 aliphatic heterocycles. The van der Waals surface area contributed by atoms with Crippen LogP contribution in [-0.2, 0) is 16.4 Å². The molecular formula is C28H32N2O7S. The fraction of sp³-hybridized carbons (Fsp3) is 0.321. The number of hydrogen-bond acceptors (Lipinski definition) is 7. The van der Waals surface area contributed by atoms with Crippen LogP contribution in [0, 0.1) is 0 Å². The minimum atomic E-state index is -4.01. The molecular weight excluding hydrogens is 508 g/mol. The summed E-state index contributed by atoms with van der Waals surface area (Å²) in [5, 5.41) is 9.28. The van der Waals surface area contributed by atoms with Crippen LogP contribution < -0.4 is 19.7 Å². The third kappa shape index (κ3) is 5.47. The lowest BCUT2D eigenvalue weighted by Crippen LogP contribution is -2.42. The second-order valence-corrected chi connectivity index (χ2v) is 10.8. The average molecular weight is 541 g/mol. The molecule has 10 heteroatoms. The number of rotatable bonds is 9. The smallest absolute Gasteiger partial charge is 0.276 e. The van der Waals surface area contributed by atoms with Crippen LogP contribution in [0.5, 0.6) is 17.2 Å². The number of nitrogens with zero attached hydrogens (tertiary/aromatic N) is 1. The molecule has 0 aromatic heterocycles. The van der Waals surface area contributed by atoms with Crippen molar-refractivity contribution in [3.63, 3.8) is 0 Å². The highest BCUT2D eigenvalue weighted by molar-refractivity contribution is 7.89. The Kier molecular flexibility index (Phi) is 8.55. The van der Waals surface area contributed by atoms with Gasteiger partial charge in [-0.05, 0) is 55.2 Å². The maximum Gasteiger partial charge on any atom is 0.276 e. The lowest BCUT2D eigenvalue weighted by molar-refractivity contribution is 0.0700. The Morgan fingerprint density at radius 1 is 0.974 bits per heavy atom. The Hall–Kier alpha value is -3.60. The minimum Gasteiger partial charge on any atom is -0.496 e. The first-order valence-electron chi connectivity index (χ1n) is 12.4. The zero-order valence-corrected chi connectivity index (χ0v) is 22.5. The second-order valence-electron chi connectivity index (χ2n) is 8.86. The van der Waals surface area contributed by atoms with E-state index in [9.17, 15) is 18.4 Å². The predicted octanol–water partition coefficient (Wildman–Crippen LogP) is 4.28. The van der Waals surface area contributed by atoms with Crippen molar-refractivity contribution in [1.82, 2.24) is 9.79 Å². The first-order chi connectivity index (χ1) is 18.3. The summed E-state index contributed by atoms with van der Waals surface area (Å²) in [4.78, 5) is 12.3. The Morgan fingerprint density at radius 2 is 1.63 bits per heavy atom. The molecule has 1 amide bonds. The molecule has 0 bridgehead atoms. The van der Waals surface area contributed by atoms with Gasteiger partial charge in [0.05, 0.1) is 24.7 Å². The molecule has 202 valence electrons. The molecule has 4 rings (SSSR count). The van der Waals surface area contributed by atoms with Crippen LogP contribution in [-0.4, -0.2) is 57.3 Å². The first-order valence-corrected chi connectivity index (χ1v) is 13.8. The minimum absolute atomic E-state index is 0.108. The number of amides is 1. The molecule has 9 nitrogen and oxygen atoms in total. The normalized spacial score (nSPS) is 14.6. The van der Waals surface area contributed by atoms with E-state index in [1.54, 1.807) is 19.5 Å². The number of carbonyl (C=O) groups excluding carboxylic acids is 1. The summed E-state index contributed by atoms with van der Waals surface area (Å²) in [6.07, 6.45) is 1.18. The van der Waals surface area contributed by atoms with Crippen molar-refractivity contribution in [2.24, 2.45) is 0 Å². The maximum atomic E-state index is 13.6. The maximum absolute atomic E-state index is 13.6. The van der Waals surface area contributed by atoms with E-state index in [0.717, 1.165) is 16.9 Å². The molecule has 3 aromatic rings. The van der Waals surface area contributed by atoms with Crippen LogP contribution in [0.1, 0.15) is 35.7 Å². The van der Waals surface area contributed by atoms with Crippen LogP contribution in [0.25, 0.3) is 11.1 Å². The SMILES string of the molecule is CCc1c(OC)ccc(S(=O)(=O)N2CCC(Oc3ccc(-c4ccccc4OC)cc3)CC2)c1C(=O)NO. The summed E-state index contributed by atoms with van der Waals surface area (Å²) >= 11 is 0. The van der Waals surface area contributed by atoms with E-state index in [-0.39, 0.29) is 29.7 Å². The fourth-order valence-electron chi connectivity index (χ4n) is 4.79. The molecule has 0 spiro atoms. The van der Waals surface area contributed by atoms with Crippen LogP contribution in [0.15, 0.2) is 65.6 Å². The van der Waals surface area contributed by atoms with Crippen molar-refractivity contribution in [2.75, 3.05) is 27.3 Å². The Morgan fingerprint density at radius 3 is 2.24 bits per heavy atom. The third-order valence-electron chi connectivity index (χ3n) is 6.73. The molecule has 2 N–H and O–H groups in total. The number of piperidine rings is 1. The summed E-state index contributed by atoms with van der Waals surface area (Å²) in [7, 11) is -0.920. The van der Waals surface area contributed by atoms with Crippen LogP contribution in [0.3, 0.4) is 0 Å². The van der Waals surface area contributed by atoms with Gasteiger partial charge in [0.15, 0.2) is 0 Å². The number of benzene rings is 3. The molecule has 0 radical (unpaired) electrons.